The number of rotatable bonds is 7. The van der Waals surface area contributed by atoms with Crippen molar-refractivity contribution in [3.63, 3.8) is 0 Å². The Bertz CT molecular complexity index is 1810. The van der Waals surface area contributed by atoms with Gasteiger partial charge in [0.2, 0.25) is 17.7 Å². The van der Waals surface area contributed by atoms with E-state index < -0.39 is 35.5 Å². The standard InChI is InChI=1S/C39H41N5O5/c45-35-34-24-31(48-36-32-20-13-12-14-27(32)22-23-40-36)26-44(34)37(46)33(41-29-16-7-4-8-17-29)21-11-3-1-2-6-15-28-25-39(28,42-35)38(47)43-49-30-18-9-5-10-19-30/h4-10,12-20,22-23,28,31,33-34,41H,1-3,11,21,24-26H2,(H,42,45)(H,43,47)/t28-,31-,33+,34+,39-/m1/s1. The molecule has 3 N–H and O–H groups in total. The molecule has 3 heterocycles. The fraction of sp³-hybridized carbons (Fsp3) is 0.333. The van der Waals surface area contributed by atoms with E-state index >= 15 is 0 Å². The van der Waals surface area contributed by atoms with Crippen molar-refractivity contribution in [1.29, 1.82) is 0 Å². The van der Waals surface area contributed by atoms with Crippen LogP contribution in [-0.2, 0) is 14.4 Å². The third-order valence-corrected chi connectivity index (χ3v) is 9.68. The minimum atomic E-state index is -1.20. The predicted molar refractivity (Wildman–Crippen MR) is 187 cm³/mol. The monoisotopic (exact) mass is 659 g/mol. The second-order valence-electron chi connectivity index (χ2n) is 13.1. The smallest absolute Gasteiger partial charge is 0.278 e. The molecule has 4 aromatic rings. The molecule has 1 saturated heterocycles. The summed E-state index contributed by atoms with van der Waals surface area (Å²) in [5.74, 6) is -0.271. The first kappa shape index (κ1) is 32.2. The molecule has 10 heteroatoms. The zero-order valence-electron chi connectivity index (χ0n) is 27.3. The van der Waals surface area contributed by atoms with Gasteiger partial charge in [-0.2, -0.15) is 5.48 Å². The average Bonchev–Trinajstić information content (AvgIpc) is 3.66. The molecular weight excluding hydrogens is 618 g/mol. The lowest BCUT2D eigenvalue weighted by atomic mass is 10.0. The number of pyridine rings is 1. The van der Waals surface area contributed by atoms with Gasteiger partial charge >= 0.3 is 0 Å². The summed E-state index contributed by atoms with van der Waals surface area (Å²) in [5.41, 5.74) is 2.20. The quantitative estimate of drug-likeness (QED) is 0.175. The number of anilines is 1. The molecule has 1 saturated carbocycles. The molecule has 2 aliphatic heterocycles. The highest BCUT2D eigenvalue weighted by Gasteiger charge is 2.61. The van der Waals surface area contributed by atoms with Crippen molar-refractivity contribution in [1.82, 2.24) is 20.7 Å². The number of hydrogen-bond acceptors (Lipinski definition) is 7. The summed E-state index contributed by atoms with van der Waals surface area (Å²) < 4.78 is 6.46. The first-order valence-corrected chi connectivity index (χ1v) is 17.1. The molecule has 0 spiro atoms. The summed E-state index contributed by atoms with van der Waals surface area (Å²) in [6.07, 6.45) is 10.2. The van der Waals surface area contributed by atoms with Crippen molar-refractivity contribution in [3.05, 3.63) is 109 Å². The molecule has 2 fully saturated rings. The molecule has 1 aromatic heterocycles. The van der Waals surface area contributed by atoms with E-state index in [9.17, 15) is 14.4 Å². The van der Waals surface area contributed by atoms with Crippen molar-refractivity contribution in [3.8, 4) is 11.6 Å². The van der Waals surface area contributed by atoms with Crippen LogP contribution in [0.25, 0.3) is 10.8 Å². The van der Waals surface area contributed by atoms with Gasteiger partial charge in [0.05, 0.1) is 6.54 Å². The van der Waals surface area contributed by atoms with Crippen LogP contribution in [0.4, 0.5) is 5.69 Å². The number of nitrogens with zero attached hydrogens (tertiary/aromatic N) is 2. The molecule has 252 valence electrons. The number of fused-ring (bicyclic) bond motifs is 3. The number of allylic oxidation sites excluding steroid dienone is 1. The second kappa shape index (κ2) is 14.4. The van der Waals surface area contributed by atoms with Gasteiger partial charge in [0.25, 0.3) is 5.91 Å². The molecular formula is C39H41N5O5. The molecule has 1 aliphatic carbocycles. The van der Waals surface area contributed by atoms with Gasteiger partial charge in [0, 0.05) is 29.6 Å². The van der Waals surface area contributed by atoms with Crippen molar-refractivity contribution >= 4 is 34.2 Å². The van der Waals surface area contributed by atoms with Crippen LogP contribution in [0.2, 0.25) is 0 Å². The Kier molecular flexibility index (Phi) is 9.45. The first-order valence-electron chi connectivity index (χ1n) is 17.1. The average molecular weight is 660 g/mol. The van der Waals surface area contributed by atoms with E-state index in [4.69, 9.17) is 9.57 Å². The van der Waals surface area contributed by atoms with E-state index in [0.29, 0.717) is 24.5 Å². The lowest BCUT2D eigenvalue weighted by Gasteiger charge is -2.30. The fourth-order valence-corrected chi connectivity index (χ4v) is 6.93. The SMILES string of the molecule is O=C1N[C@]2(C(=O)NOc3ccccc3)C[C@H]2C=CCCCCC[C@H](Nc2ccccc2)C(=O)N2C[C@H](Oc3nccc4ccccc34)C[C@@H]12. The topological polar surface area (TPSA) is 122 Å². The van der Waals surface area contributed by atoms with Crippen LogP contribution in [0.5, 0.6) is 11.6 Å². The van der Waals surface area contributed by atoms with Gasteiger partial charge in [-0.15, -0.1) is 0 Å². The Balaban J connectivity index is 1.17. The molecule has 0 radical (unpaired) electrons. The van der Waals surface area contributed by atoms with Crippen LogP contribution in [-0.4, -0.2) is 57.9 Å². The number of carbonyl (C=O) groups is 3. The van der Waals surface area contributed by atoms with Crippen LogP contribution in [0, 0.1) is 5.92 Å². The number of aromatic nitrogens is 1. The Morgan fingerprint density at radius 2 is 1.69 bits per heavy atom. The molecule has 10 nitrogen and oxygen atoms in total. The Morgan fingerprint density at radius 1 is 0.918 bits per heavy atom. The van der Waals surface area contributed by atoms with E-state index in [1.54, 1.807) is 23.2 Å². The number of nitrogens with one attached hydrogen (secondary N) is 3. The molecule has 49 heavy (non-hydrogen) atoms. The summed E-state index contributed by atoms with van der Waals surface area (Å²) in [4.78, 5) is 54.3. The number of hydroxylamine groups is 1. The largest absolute Gasteiger partial charge is 0.472 e. The summed E-state index contributed by atoms with van der Waals surface area (Å²) >= 11 is 0. The normalized spacial score (nSPS) is 25.6. The van der Waals surface area contributed by atoms with E-state index in [1.807, 2.05) is 84.9 Å². The van der Waals surface area contributed by atoms with Gasteiger partial charge in [-0.1, -0.05) is 79.6 Å². The molecule has 7 rings (SSSR count). The van der Waals surface area contributed by atoms with Crippen LogP contribution in [0.1, 0.15) is 44.9 Å². The lowest BCUT2D eigenvalue weighted by Crippen LogP contribution is -2.57. The molecule has 3 aliphatic rings. The molecule has 3 aromatic carbocycles. The van der Waals surface area contributed by atoms with Crippen molar-refractivity contribution in [2.75, 3.05) is 11.9 Å². The van der Waals surface area contributed by atoms with E-state index in [2.05, 4.69) is 27.2 Å². The maximum atomic E-state index is 14.5. The number of para-hydroxylation sites is 2. The van der Waals surface area contributed by atoms with Gasteiger partial charge in [-0.25, -0.2) is 4.98 Å². The number of benzene rings is 3. The maximum Gasteiger partial charge on any atom is 0.278 e. The molecule has 5 atom stereocenters. The van der Waals surface area contributed by atoms with Crippen molar-refractivity contribution < 1.29 is 24.0 Å². The summed E-state index contributed by atoms with van der Waals surface area (Å²) in [5, 5.41) is 8.36. The third-order valence-electron chi connectivity index (χ3n) is 9.68. The van der Waals surface area contributed by atoms with Gasteiger partial charge < -0.3 is 25.1 Å². The minimum absolute atomic E-state index is 0.174. The van der Waals surface area contributed by atoms with Crippen LogP contribution in [0.3, 0.4) is 0 Å². The highest BCUT2D eigenvalue weighted by atomic mass is 16.7. The number of amides is 3. The molecule has 3 amide bonds. The zero-order valence-corrected chi connectivity index (χ0v) is 27.3. The highest BCUT2D eigenvalue weighted by Crippen LogP contribution is 2.45. The van der Waals surface area contributed by atoms with Crippen molar-refractivity contribution in [2.45, 2.75) is 68.7 Å². The van der Waals surface area contributed by atoms with Gasteiger partial charge in [0.1, 0.15) is 23.7 Å². The zero-order chi connectivity index (χ0) is 33.6. The van der Waals surface area contributed by atoms with Gasteiger partial charge in [-0.05, 0) is 67.5 Å². The summed E-state index contributed by atoms with van der Waals surface area (Å²) in [7, 11) is 0. The van der Waals surface area contributed by atoms with Gasteiger partial charge in [0.15, 0.2) is 5.75 Å². The van der Waals surface area contributed by atoms with Crippen molar-refractivity contribution in [2.24, 2.45) is 5.92 Å². The van der Waals surface area contributed by atoms with E-state index in [0.717, 1.165) is 42.1 Å². The summed E-state index contributed by atoms with van der Waals surface area (Å²) in [6.45, 7) is 0.203. The molecule has 0 unspecified atom stereocenters. The maximum absolute atomic E-state index is 14.5. The van der Waals surface area contributed by atoms with E-state index in [1.165, 1.54) is 0 Å². The number of carbonyl (C=O) groups excluding carboxylic acids is 3. The Morgan fingerprint density at radius 3 is 2.53 bits per heavy atom. The number of hydrogen-bond donors (Lipinski definition) is 3. The van der Waals surface area contributed by atoms with Gasteiger partial charge in [-0.3, -0.25) is 14.4 Å². The predicted octanol–water partition coefficient (Wildman–Crippen LogP) is 5.57. The Labute approximate surface area is 285 Å². The van der Waals surface area contributed by atoms with Crippen LogP contribution < -0.4 is 25.7 Å². The first-order chi connectivity index (χ1) is 24.0. The third kappa shape index (κ3) is 7.23. The minimum Gasteiger partial charge on any atom is -0.472 e. The number of ether oxygens (including phenoxy) is 1. The fourth-order valence-electron chi connectivity index (χ4n) is 6.93. The lowest BCUT2D eigenvalue weighted by molar-refractivity contribution is -0.141. The second-order valence-corrected chi connectivity index (χ2v) is 13.1. The van der Waals surface area contributed by atoms with Crippen LogP contribution in [0.15, 0.2) is 109 Å². The highest BCUT2D eigenvalue weighted by molar-refractivity contribution is 5.98. The summed E-state index contributed by atoms with van der Waals surface area (Å²) in [6, 6.07) is 27.0. The van der Waals surface area contributed by atoms with E-state index in [-0.39, 0.29) is 24.8 Å². The Hall–Kier alpha value is -5.38. The molecule has 0 bridgehead atoms. The van der Waals surface area contributed by atoms with Crippen LogP contribution >= 0.6 is 0 Å².